The smallest absolute Gasteiger partial charge is 0.419 e. The van der Waals surface area contributed by atoms with E-state index in [9.17, 15) is 10.0 Å². The maximum absolute atomic E-state index is 13.4. The molecular weight excluding hydrogens is 404 g/mol. The number of anilines is 1. The third-order valence-corrected chi connectivity index (χ3v) is 5.37. The second-order valence-electron chi connectivity index (χ2n) is 8.63. The molecule has 0 saturated carbocycles. The predicted molar refractivity (Wildman–Crippen MR) is 123 cm³/mol. The van der Waals surface area contributed by atoms with Crippen LogP contribution in [0.15, 0.2) is 78.1 Å². The van der Waals surface area contributed by atoms with E-state index in [2.05, 4.69) is 5.16 Å². The van der Waals surface area contributed by atoms with Crippen molar-refractivity contribution in [3.8, 4) is 16.9 Å². The van der Waals surface area contributed by atoms with Crippen LogP contribution in [0.4, 0.5) is 10.5 Å². The van der Waals surface area contributed by atoms with Gasteiger partial charge in [-0.3, -0.25) is 0 Å². The number of ether oxygens (including phenoxy) is 2. The van der Waals surface area contributed by atoms with E-state index in [1.54, 1.807) is 12.3 Å². The first-order valence-corrected chi connectivity index (χ1v) is 10.3. The SMILES string of the molecule is CC(C)(C)OC(=O)N1C(c2cccc3c2-c2ccccc2C3=NO)=COc2ccccc21. The Morgan fingerprint density at radius 2 is 1.56 bits per heavy atom. The summed E-state index contributed by atoms with van der Waals surface area (Å²) in [6.07, 6.45) is 1.07. The van der Waals surface area contributed by atoms with Crippen molar-refractivity contribution in [2.45, 2.75) is 26.4 Å². The molecule has 0 fully saturated rings. The van der Waals surface area contributed by atoms with Gasteiger partial charge in [0, 0.05) is 22.3 Å². The summed E-state index contributed by atoms with van der Waals surface area (Å²) in [6, 6.07) is 20.8. The van der Waals surface area contributed by atoms with Gasteiger partial charge in [-0.25, -0.2) is 9.69 Å². The van der Waals surface area contributed by atoms with E-state index in [1.165, 1.54) is 4.90 Å². The van der Waals surface area contributed by atoms with Crippen LogP contribution in [0.3, 0.4) is 0 Å². The van der Waals surface area contributed by atoms with Gasteiger partial charge in [0.25, 0.3) is 0 Å². The maximum Gasteiger partial charge on any atom is 0.419 e. The number of carbonyl (C=O) groups excluding carboxylic acids is 1. The quantitative estimate of drug-likeness (QED) is 0.298. The fraction of sp³-hybridized carbons (Fsp3) is 0.154. The van der Waals surface area contributed by atoms with Crippen molar-refractivity contribution in [3.05, 3.63) is 89.7 Å². The van der Waals surface area contributed by atoms with Crippen LogP contribution in [0.1, 0.15) is 37.5 Å². The maximum atomic E-state index is 13.4. The number of amides is 1. The zero-order chi connectivity index (χ0) is 22.5. The highest BCUT2D eigenvalue weighted by Gasteiger charge is 2.35. The topological polar surface area (TPSA) is 71.4 Å². The molecule has 1 amide bonds. The molecule has 5 rings (SSSR count). The second kappa shape index (κ2) is 7.27. The number of fused-ring (bicyclic) bond motifs is 4. The van der Waals surface area contributed by atoms with Gasteiger partial charge >= 0.3 is 6.09 Å². The first-order chi connectivity index (χ1) is 15.4. The van der Waals surface area contributed by atoms with Crippen molar-refractivity contribution in [2.75, 3.05) is 4.90 Å². The molecule has 0 saturated heterocycles. The van der Waals surface area contributed by atoms with Crippen LogP contribution in [0, 0.1) is 0 Å². The van der Waals surface area contributed by atoms with Crippen LogP contribution in [0.2, 0.25) is 0 Å². The summed E-state index contributed by atoms with van der Waals surface area (Å²) in [4.78, 5) is 14.9. The van der Waals surface area contributed by atoms with E-state index in [-0.39, 0.29) is 0 Å². The molecule has 6 heteroatoms. The summed E-state index contributed by atoms with van der Waals surface area (Å²) in [5.41, 5.74) is 5.16. The minimum atomic E-state index is -0.669. The Morgan fingerprint density at radius 3 is 2.31 bits per heavy atom. The van der Waals surface area contributed by atoms with Crippen molar-refractivity contribution in [1.29, 1.82) is 0 Å². The molecule has 0 unspecified atom stereocenters. The standard InChI is InChI=1S/C26H22N2O4/c1-26(2,3)32-25(29)28-20-13-6-7-14-22(20)31-15-21(28)18-11-8-12-19-23(18)16-9-4-5-10-17(16)24(19)27-30/h4-15,30H,1-3H3. The molecule has 1 heterocycles. The Morgan fingerprint density at radius 1 is 0.906 bits per heavy atom. The van der Waals surface area contributed by atoms with Crippen molar-refractivity contribution < 1.29 is 19.5 Å². The highest BCUT2D eigenvalue weighted by molar-refractivity contribution is 6.26. The number of hydrogen-bond acceptors (Lipinski definition) is 5. The highest BCUT2D eigenvalue weighted by atomic mass is 16.6. The Bertz CT molecular complexity index is 1300. The molecule has 0 radical (unpaired) electrons. The van der Waals surface area contributed by atoms with Gasteiger partial charge < -0.3 is 14.7 Å². The minimum Gasteiger partial charge on any atom is -0.461 e. The molecular formula is C26H22N2O4. The molecule has 160 valence electrons. The lowest BCUT2D eigenvalue weighted by Gasteiger charge is -2.32. The Hall–Kier alpha value is -4.06. The van der Waals surface area contributed by atoms with Crippen molar-refractivity contribution in [2.24, 2.45) is 5.16 Å². The van der Waals surface area contributed by atoms with Crippen LogP contribution in [0.25, 0.3) is 16.8 Å². The Labute approximate surface area is 186 Å². The van der Waals surface area contributed by atoms with E-state index < -0.39 is 11.7 Å². The monoisotopic (exact) mass is 426 g/mol. The van der Waals surface area contributed by atoms with E-state index in [1.807, 2.05) is 81.4 Å². The molecule has 32 heavy (non-hydrogen) atoms. The molecule has 0 bridgehead atoms. The highest BCUT2D eigenvalue weighted by Crippen LogP contribution is 2.45. The van der Waals surface area contributed by atoms with E-state index >= 15 is 0 Å². The van der Waals surface area contributed by atoms with Crippen LogP contribution < -0.4 is 9.64 Å². The molecule has 1 aliphatic carbocycles. The van der Waals surface area contributed by atoms with Crippen LogP contribution >= 0.6 is 0 Å². The zero-order valence-electron chi connectivity index (χ0n) is 18.0. The molecule has 0 spiro atoms. The lowest BCUT2D eigenvalue weighted by Crippen LogP contribution is -2.37. The average Bonchev–Trinajstić information content (AvgIpc) is 3.11. The number of benzene rings is 3. The van der Waals surface area contributed by atoms with Gasteiger partial charge in [0.05, 0.1) is 11.4 Å². The minimum absolute atomic E-state index is 0.499. The molecule has 2 aliphatic rings. The van der Waals surface area contributed by atoms with Gasteiger partial charge in [-0.2, -0.15) is 0 Å². The average molecular weight is 426 g/mol. The van der Waals surface area contributed by atoms with Crippen molar-refractivity contribution in [1.82, 2.24) is 0 Å². The third kappa shape index (κ3) is 3.12. The summed E-state index contributed by atoms with van der Waals surface area (Å²) in [7, 11) is 0. The zero-order valence-corrected chi connectivity index (χ0v) is 18.0. The molecule has 1 aliphatic heterocycles. The van der Waals surface area contributed by atoms with E-state index in [0.29, 0.717) is 22.8 Å². The number of nitrogens with zero attached hydrogens (tertiary/aromatic N) is 2. The lowest BCUT2D eigenvalue weighted by molar-refractivity contribution is 0.0598. The number of carbonyl (C=O) groups is 1. The summed E-state index contributed by atoms with van der Waals surface area (Å²) >= 11 is 0. The van der Waals surface area contributed by atoms with Crippen molar-refractivity contribution in [3.63, 3.8) is 0 Å². The van der Waals surface area contributed by atoms with E-state index in [4.69, 9.17) is 9.47 Å². The largest absolute Gasteiger partial charge is 0.461 e. The van der Waals surface area contributed by atoms with Crippen LogP contribution in [-0.2, 0) is 4.74 Å². The van der Waals surface area contributed by atoms with Gasteiger partial charge in [-0.05, 0) is 38.5 Å². The molecule has 1 N–H and O–H groups in total. The number of hydrogen-bond donors (Lipinski definition) is 1. The fourth-order valence-corrected chi connectivity index (χ4v) is 4.15. The molecule has 3 aromatic carbocycles. The molecule has 3 aromatic rings. The van der Waals surface area contributed by atoms with Crippen molar-refractivity contribution >= 4 is 23.2 Å². The summed E-state index contributed by atoms with van der Waals surface area (Å²) in [6.45, 7) is 5.50. The Balaban J connectivity index is 1.72. The lowest BCUT2D eigenvalue weighted by atomic mass is 9.96. The van der Waals surface area contributed by atoms with Gasteiger partial charge in [-0.1, -0.05) is 59.8 Å². The summed E-state index contributed by atoms with van der Waals surface area (Å²) < 4.78 is 11.7. The van der Waals surface area contributed by atoms with Gasteiger partial charge in [0.1, 0.15) is 17.6 Å². The molecule has 6 nitrogen and oxygen atoms in total. The first-order valence-electron chi connectivity index (χ1n) is 10.3. The normalized spacial score (nSPS) is 15.4. The Kier molecular flexibility index (Phi) is 4.51. The molecule has 0 aromatic heterocycles. The number of rotatable bonds is 1. The summed E-state index contributed by atoms with van der Waals surface area (Å²) in [5.74, 6) is 0.563. The predicted octanol–water partition coefficient (Wildman–Crippen LogP) is 6.03. The van der Waals surface area contributed by atoms with Gasteiger partial charge in [0.15, 0.2) is 5.75 Å². The number of oxime groups is 1. The van der Waals surface area contributed by atoms with E-state index in [0.717, 1.165) is 27.8 Å². The van der Waals surface area contributed by atoms with Gasteiger partial charge in [-0.15, -0.1) is 0 Å². The van der Waals surface area contributed by atoms with Crippen LogP contribution in [0.5, 0.6) is 5.75 Å². The van der Waals surface area contributed by atoms with Gasteiger partial charge in [0.2, 0.25) is 0 Å². The number of para-hydroxylation sites is 2. The van der Waals surface area contributed by atoms with Crippen LogP contribution in [-0.4, -0.2) is 22.6 Å². The fourth-order valence-electron chi connectivity index (χ4n) is 4.15. The third-order valence-electron chi connectivity index (χ3n) is 5.37. The summed E-state index contributed by atoms with van der Waals surface area (Å²) in [5, 5.41) is 13.3. The first kappa shape index (κ1) is 19.9. The second-order valence-corrected chi connectivity index (χ2v) is 8.63. The molecule has 0 atom stereocenters.